The van der Waals surface area contributed by atoms with Gasteiger partial charge >= 0.3 is 0 Å². The fraction of sp³-hybridized carbons (Fsp3) is 0.438. The molecule has 4 N–H and O–H groups in total. The van der Waals surface area contributed by atoms with E-state index in [1.165, 1.54) is 0 Å². The second-order valence-electron chi connectivity index (χ2n) is 12.1. The van der Waals surface area contributed by atoms with Gasteiger partial charge in [0.15, 0.2) is 11.6 Å². The molecule has 0 saturated carbocycles. The summed E-state index contributed by atoms with van der Waals surface area (Å²) >= 11 is 7.21. The van der Waals surface area contributed by atoms with E-state index in [9.17, 15) is 14.7 Å². The number of anilines is 1. The lowest BCUT2D eigenvalue weighted by atomic mass is 9.83. The third-order valence-corrected chi connectivity index (χ3v) is 9.22. The highest BCUT2D eigenvalue weighted by atomic mass is 35.5. The summed E-state index contributed by atoms with van der Waals surface area (Å²) in [6.45, 7) is 7.14. The van der Waals surface area contributed by atoms with Crippen molar-refractivity contribution >= 4 is 34.7 Å². The Morgan fingerprint density at radius 2 is 1.86 bits per heavy atom. The molecule has 44 heavy (non-hydrogen) atoms. The molecule has 232 valence electrons. The molecule has 2 aromatic heterocycles. The first-order valence-electron chi connectivity index (χ1n) is 15.0. The Kier molecular flexibility index (Phi) is 8.23. The number of rotatable bonds is 7. The van der Waals surface area contributed by atoms with Crippen molar-refractivity contribution in [1.29, 1.82) is 0 Å². The molecule has 2 aliphatic heterocycles. The number of nitrogens with one attached hydrogen (secondary N) is 3. The van der Waals surface area contributed by atoms with Gasteiger partial charge in [-0.05, 0) is 37.1 Å². The van der Waals surface area contributed by atoms with Gasteiger partial charge in [-0.2, -0.15) is 0 Å². The number of aliphatic hydroxyl groups excluding tert-OH is 1. The monoisotopic (exact) mass is 618 g/mol. The maximum atomic E-state index is 13.5. The van der Waals surface area contributed by atoms with Gasteiger partial charge in [0.25, 0.3) is 11.8 Å². The molecule has 0 bridgehead atoms. The number of aliphatic hydroxyl groups is 1. The summed E-state index contributed by atoms with van der Waals surface area (Å²) in [5.41, 5.74) is 6.15. The number of aromatic nitrogens is 4. The smallest absolute Gasteiger partial charge is 0.291 e. The molecule has 3 atom stereocenters. The number of carbonyl (C=O) groups excluding carboxylic acids is 2. The first-order valence-corrected chi connectivity index (χ1v) is 15.4. The number of allylic oxidation sites excluding steroid dienone is 2. The first-order chi connectivity index (χ1) is 21.0. The van der Waals surface area contributed by atoms with Gasteiger partial charge < -0.3 is 30.2 Å². The highest BCUT2D eigenvalue weighted by Crippen LogP contribution is 2.40. The zero-order valence-electron chi connectivity index (χ0n) is 25.5. The van der Waals surface area contributed by atoms with Crippen molar-refractivity contribution in [2.24, 2.45) is 14.1 Å². The zero-order chi connectivity index (χ0) is 31.2. The number of hydrogen-bond acceptors (Lipinski definition) is 7. The minimum atomic E-state index is -0.975. The average molecular weight is 619 g/mol. The van der Waals surface area contributed by atoms with Crippen LogP contribution in [0.4, 0.5) is 5.69 Å². The number of benzene rings is 1. The summed E-state index contributed by atoms with van der Waals surface area (Å²) in [6.07, 6.45) is 6.87. The van der Waals surface area contributed by atoms with Gasteiger partial charge in [0, 0.05) is 76.7 Å². The highest BCUT2D eigenvalue weighted by Gasteiger charge is 2.39. The maximum absolute atomic E-state index is 13.5. The minimum Gasteiger partial charge on any atom is -0.392 e. The number of fused-ring (bicyclic) bond motifs is 2. The third kappa shape index (κ3) is 5.72. The first kappa shape index (κ1) is 30.3. The predicted molar refractivity (Wildman–Crippen MR) is 170 cm³/mol. The summed E-state index contributed by atoms with van der Waals surface area (Å²) in [6, 6.07) is 7.02. The van der Waals surface area contributed by atoms with E-state index in [0.29, 0.717) is 37.0 Å². The van der Waals surface area contributed by atoms with E-state index in [-0.39, 0.29) is 11.8 Å². The number of hydrogen-bond donors (Lipinski definition) is 4. The SMILES string of the molecule is CC(O)CN1CCc2c(nc(C(=O)NC3C=CC=C(c4cccc(NC(=O)c5nc6c(n5C)CCNC6)c4)C3(C)Cl)n2C)C1. The number of β-amino-alcohol motifs (C(OH)–C–C–N with tert-alkyl or cyclic N) is 1. The van der Waals surface area contributed by atoms with Crippen LogP contribution >= 0.6 is 11.6 Å². The van der Waals surface area contributed by atoms with Crippen LogP contribution in [0, 0.1) is 0 Å². The second kappa shape index (κ2) is 12.0. The Labute approximate surface area is 262 Å². The zero-order valence-corrected chi connectivity index (χ0v) is 26.3. The lowest BCUT2D eigenvalue weighted by Crippen LogP contribution is -2.48. The fourth-order valence-electron chi connectivity index (χ4n) is 6.47. The molecule has 3 aliphatic rings. The quantitative estimate of drug-likeness (QED) is 0.300. The van der Waals surface area contributed by atoms with Gasteiger partial charge in [-0.3, -0.25) is 14.5 Å². The van der Waals surface area contributed by atoms with Crippen molar-refractivity contribution in [3.05, 3.63) is 82.5 Å². The van der Waals surface area contributed by atoms with E-state index in [0.717, 1.165) is 59.8 Å². The summed E-state index contributed by atoms with van der Waals surface area (Å²) < 4.78 is 3.73. The maximum Gasteiger partial charge on any atom is 0.291 e. The lowest BCUT2D eigenvalue weighted by Gasteiger charge is -2.35. The summed E-state index contributed by atoms with van der Waals surface area (Å²) in [4.78, 5) is 37.2. The predicted octanol–water partition coefficient (Wildman–Crippen LogP) is 2.54. The van der Waals surface area contributed by atoms with Crippen molar-refractivity contribution in [3.8, 4) is 0 Å². The van der Waals surface area contributed by atoms with Gasteiger partial charge in [0.05, 0.1) is 28.4 Å². The molecule has 0 spiro atoms. The van der Waals surface area contributed by atoms with Crippen LogP contribution < -0.4 is 16.0 Å². The number of carbonyl (C=O) groups is 2. The van der Waals surface area contributed by atoms with E-state index < -0.39 is 17.0 Å². The summed E-state index contributed by atoms with van der Waals surface area (Å²) in [5, 5.41) is 19.2. The Bertz CT molecular complexity index is 1670. The lowest BCUT2D eigenvalue weighted by molar-refractivity contribution is 0.0926. The highest BCUT2D eigenvalue weighted by molar-refractivity contribution is 6.31. The molecule has 11 nitrogen and oxygen atoms in total. The van der Waals surface area contributed by atoms with Gasteiger partial charge in [-0.1, -0.05) is 30.4 Å². The molecular weight excluding hydrogens is 580 g/mol. The van der Waals surface area contributed by atoms with Crippen LogP contribution in [0.25, 0.3) is 5.57 Å². The Morgan fingerprint density at radius 3 is 2.61 bits per heavy atom. The fourth-order valence-corrected chi connectivity index (χ4v) is 6.77. The number of halogens is 1. The minimum absolute atomic E-state index is 0.276. The molecule has 2 amide bonds. The Hall–Kier alpha value is -3.77. The van der Waals surface area contributed by atoms with Crippen LogP contribution in [0.3, 0.4) is 0 Å². The summed E-state index contributed by atoms with van der Waals surface area (Å²) in [7, 11) is 3.74. The molecular formula is C32H39ClN8O3. The van der Waals surface area contributed by atoms with Crippen molar-refractivity contribution in [2.45, 2.75) is 56.8 Å². The van der Waals surface area contributed by atoms with E-state index in [1.54, 1.807) is 6.92 Å². The molecule has 0 saturated heterocycles. The van der Waals surface area contributed by atoms with Crippen molar-refractivity contribution in [1.82, 2.24) is 34.6 Å². The van der Waals surface area contributed by atoms with Gasteiger partial charge in [-0.25, -0.2) is 9.97 Å². The normalized spacial score (nSPS) is 22.1. The largest absolute Gasteiger partial charge is 0.392 e. The van der Waals surface area contributed by atoms with E-state index in [2.05, 4.69) is 30.8 Å². The van der Waals surface area contributed by atoms with Crippen LogP contribution in [-0.2, 0) is 40.0 Å². The third-order valence-electron chi connectivity index (χ3n) is 8.79. The topological polar surface area (TPSA) is 129 Å². The van der Waals surface area contributed by atoms with Crippen LogP contribution in [0.1, 0.15) is 63.4 Å². The molecule has 0 fully saturated rings. The van der Waals surface area contributed by atoms with Gasteiger partial charge in [0.2, 0.25) is 0 Å². The van der Waals surface area contributed by atoms with Crippen molar-refractivity contribution < 1.29 is 14.7 Å². The molecule has 12 heteroatoms. The average Bonchev–Trinajstić information content (AvgIpc) is 3.50. The molecule has 3 unspecified atom stereocenters. The molecule has 3 aromatic rings. The van der Waals surface area contributed by atoms with Crippen molar-refractivity contribution in [3.63, 3.8) is 0 Å². The second-order valence-corrected chi connectivity index (χ2v) is 12.8. The Balaban J connectivity index is 1.17. The van der Waals surface area contributed by atoms with Crippen LogP contribution in [0.5, 0.6) is 0 Å². The van der Waals surface area contributed by atoms with Gasteiger partial charge in [-0.15, -0.1) is 11.6 Å². The number of imidazole rings is 2. The number of alkyl halides is 1. The van der Waals surface area contributed by atoms with Gasteiger partial charge in [0.1, 0.15) is 0 Å². The van der Waals surface area contributed by atoms with Crippen LogP contribution in [0.15, 0.2) is 42.5 Å². The standard InChI is InChI=1S/C32H39ClN8O3/c1-19(42)17-41-14-12-26-24(18-41)37-29(40(26)4)31(44)38-27-10-6-9-22(32(27,2)33)20-7-5-8-21(15-20)35-30(43)28-36-23-16-34-13-11-25(23)39(28)3/h5-10,15,19,27,34,42H,11-14,16-18H2,1-4H3,(H,35,43)(H,38,44). The summed E-state index contributed by atoms with van der Waals surface area (Å²) in [5.74, 6) is 0.130. The van der Waals surface area contributed by atoms with E-state index in [1.807, 2.05) is 72.6 Å². The molecule has 1 aromatic carbocycles. The number of nitrogens with zero attached hydrogens (tertiary/aromatic N) is 5. The molecule has 1 aliphatic carbocycles. The molecule has 6 rings (SSSR count). The van der Waals surface area contributed by atoms with Crippen molar-refractivity contribution in [2.75, 3.05) is 25.0 Å². The van der Waals surface area contributed by atoms with E-state index in [4.69, 9.17) is 11.6 Å². The number of amides is 2. The van der Waals surface area contributed by atoms with Crippen LogP contribution in [0.2, 0.25) is 0 Å². The van der Waals surface area contributed by atoms with E-state index >= 15 is 0 Å². The van der Waals surface area contributed by atoms with Crippen LogP contribution in [-0.4, -0.2) is 77.6 Å². The Morgan fingerprint density at radius 1 is 1.14 bits per heavy atom. The molecule has 0 radical (unpaired) electrons. The molecule has 4 heterocycles.